The van der Waals surface area contributed by atoms with Crippen LogP contribution in [0.3, 0.4) is 0 Å². The highest BCUT2D eigenvalue weighted by Crippen LogP contribution is 2.31. The van der Waals surface area contributed by atoms with Crippen molar-refractivity contribution in [3.05, 3.63) is 54.0 Å². The van der Waals surface area contributed by atoms with Gasteiger partial charge in [-0.2, -0.15) is 5.10 Å². The molecule has 0 saturated carbocycles. The van der Waals surface area contributed by atoms with E-state index in [1.165, 1.54) is 10.9 Å². The number of rotatable bonds is 2. The molecule has 0 amide bonds. The topological polar surface area (TPSA) is 39.9 Å². The smallest absolute Gasteiger partial charge is 0.0927 e. The average molecular weight is 279 g/mol. The second-order valence-electron chi connectivity index (χ2n) is 5.59. The van der Waals surface area contributed by atoms with E-state index in [4.69, 9.17) is 9.84 Å². The molecule has 1 unspecified atom stereocenters. The summed E-state index contributed by atoms with van der Waals surface area (Å²) in [5, 5.41) is 6.05. The molecule has 1 aromatic carbocycles. The molecule has 1 aliphatic rings. The number of aryl methyl sites for hydroxylation is 1. The minimum atomic E-state index is 0.390. The first-order valence-corrected chi connectivity index (χ1v) is 7.30. The molecule has 0 radical (unpaired) electrons. The van der Waals surface area contributed by atoms with Crippen LogP contribution < -0.4 is 0 Å². The molecule has 0 N–H and O–H groups in total. The van der Waals surface area contributed by atoms with Crippen LogP contribution in [-0.4, -0.2) is 28.0 Å². The average Bonchev–Trinajstić information content (AvgIpc) is 3.15. The predicted molar refractivity (Wildman–Crippen MR) is 81.8 cm³/mol. The van der Waals surface area contributed by atoms with Crippen molar-refractivity contribution in [2.24, 2.45) is 0 Å². The van der Waals surface area contributed by atoms with E-state index in [-0.39, 0.29) is 0 Å². The minimum absolute atomic E-state index is 0.390. The number of ether oxygens (including phenoxy) is 1. The molecule has 1 saturated heterocycles. The molecule has 3 heterocycles. The van der Waals surface area contributed by atoms with E-state index in [2.05, 4.69) is 42.2 Å². The summed E-state index contributed by atoms with van der Waals surface area (Å²) in [6, 6.07) is 10.5. The third-order valence-electron chi connectivity index (χ3n) is 4.11. The lowest BCUT2D eigenvalue weighted by molar-refractivity contribution is 0.193. The van der Waals surface area contributed by atoms with Gasteiger partial charge in [0.15, 0.2) is 0 Å². The molecule has 0 bridgehead atoms. The Morgan fingerprint density at radius 2 is 2.05 bits per heavy atom. The number of hydrogen-bond donors (Lipinski definition) is 0. The Morgan fingerprint density at radius 3 is 2.81 bits per heavy atom. The van der Waals surface area contributed by atoms with Crippen molar-refractivity contribution in [2.45, 2.75) is 19.3 Å². The number of nitrogens with zero attached hydrogens (tertiary/aromatic N) is 3. The van der Waals surface area contributed by atoms with Crippen LogP contribution in [0, 0.1) is 6.92 Å². The Bertz CT molecular complexity index is 770. The fourth-order valence-corrected chi connectivity index (χ4v) is 2.92. The Hall–Kier alpha value is -2.20. The number of hydrogen-bond acceptors (Lipinski definition) is 3. The standard InChI is InChI=1S/C17H17N3O/c1-12-2-4-14(5-3-12)20-16-10-18-8-6-15(16)17(19-20)13-7-9-21-11-13/h2-6,8,10,13H,7,9,11H2,1H3. The van der Waals surface area contributed by atoms with Gasteiger partial charge in [-0.25, -0.2) is 4.68 Å². The molecular formula is C17H17N3O. The van der Waals surface area contributed by atoms with E-state index in [9.17, 15) is 0 Å². The molecule has 4 nitrogen and oxygen atoms in total. The minimum Gasteiger partial charge on any atom is -0.381 e. The van der Waals surface area contributed by atoms with Crippen LogP contribution in [0.2, 0.25) is 0 Å². The van der Waals surface area contributed by atoms with Gasteiger partial charge in [0.1, 0.15) is 0 Å². The molecule has 106 valence electrons. The van der Waals surface area contributed by atoms with Crippen LogP contribution in [0.5, 0.6) is 0 Å². The number of benzene rings is 1. The lowest BCUT2D eigenvalue weighted by Gasteiger charge is -2.04. The van der Waals surface area contributed by atoms with E-state index in [0.717, 1.165) is 36.5 Å². The molecule has 3 aromatic rings. The highest BCUT2D eigenvalue weighted by Gasteiger charge is 2.24. The summed E-state index contributed by atoms with van der Waals surface area (Å²) in [5.74, 6) is 0.390. The van der Waals surface area contributed by atoms with Crippen molar-refractivity contribution >= 4 is 10.9 Å². The summed E-state index contributed by atoms with van der Waals surface area (Å²) in [5.41, 5.74) is 4.51. The molecule has 1 atom stereocenters. The fourth-order valence-electron chi connectivity index (χ4n) is 2.92. The molecule has 1 aliphatic heterocycles. The van der Waals surface area contributed by atoms with E-state index >= 15 is 0 Å². The molecule has 0 spiro atoms. The summed E-state index contributed by atoms with van der Waals surface area (Å²) in [4.78, 5) is 4.26. The second kappa shape index (κ2) is 4.97. The van der Waals surface area contributed by atoms with E-state index in [1.807, 2.05) is 17.1 Å². The first kappa shape index (κ1) is 12.5. The van der Waals surface area contributed by atoms with Gasteiger partial charge in [0.05, 0.1) is 29.7 Å². The van der Waals surface area contributed by atoms with Gasteiger partial charge in [-0.05, 0) is 31.5 Å². The Kier molecular flexibility index (Phi) is 2.97. The highest BCUT2D eigenvalue weighted by atomic mass is 16.5. The maximum atomic E-state index is 5.53. The van der Waals surface area contributed by atoms with Gasteiger partial charge >= 0.3 is 0 Å². The quantitative estimate of drug-likeness (QED) is 0.723. The summed E-state index contributed by atoms with van der Waals surface area (Å²) in [6.45, 7) is 3.69. The Balaban J connectivity index is 1.90. The van der Waals surface area contributed by atoms with Crippen molar-refractivity contribution in [3.63, 3.8) is 0 Å². The zero-order valence-corrected chi connectivity index (χ0v) is 12.0. The first-order chi connectivity index (χ1) is 10.3. The van der Waals surface area contributed by atoms with Gasteiger partial charge in [0, 0.05) is 24.1 Å². The first-order valence-electron chi connectivity index (χ1n) is 7.30. The Morgan fingerprint density at radius 1 is 1.19 bits per heavy atom. The monoisotopic (exact) mass is 279 g/mol. The number of aromatic nitrogens is 3. The van der Waals surface area contributed by atoms with Crippen molar-refractivity contribution in [1.29, 1.82) is 0 Å². The molecule has 1 fully saturated rings. The van der Waals surface area contributed by atoms with Crippen molar-refractivity contribution in [2.75, 3.05) is 13.2 Å². The van der Waals surface area contributed by atoms with Gasteiger partial charge in [0.2, 0.25) is 0 Å². The van der Waals surface area contributed by atoms with Crippen LogP contribution in [0.1, 0.15) is 23.6 Å². The molecule has 4 heteroatoms. The fraction of sp³-hybridized carbons (Fsp3) is 0.294. The molecule has 21 heavy (non-hydrogen) atoms. The number of fused-ring (bicyclic) bond motifs is 1. The van der Waals surface area contributed by atoms with Crippen molar-refractivity contribution < 1.29 is 4.74 Å². The van der Waals surface area contributed by atoms with E-state index < -0.39 is 0 Å². The summed E-state index contributed by atoms with van der Waals surface area (Å²) >= 11 is 0. The molecule has 2 aromatic heterocycles. The lowest BCUT2D eigenvalue weighted by atomic mass is 10.0. The van der Waals surface area contributed by atoms with Crippen molar-refractivity contribution in [3.8, 4) is 5.69 Å². The zero-order valence-electron chi connectivity index (χ0n) is 12.0. The SMILES string of the molecule is Cc1ccc(-n2nc(C3CCOC3)c3ccncc32)cc1. The summed E-state index contributed by atoms with van der Waals surface area (Å²) in [6.07, 6.45) is 4.77. The largest absolute Gasteiger partial charge is 0.381 e. The normalized spacial score (nSPS) is 18.4. The van der Waals surface area contributed by atoms with Gasteiger partial charge in [0.25, 0.3) is 0 Å². The summed E-state index contributed by atoms with van der Waals surface area (Å²) in [7, 11) is 0. The lowest BCUT2D eigenvalue weighted by Crippen LogP contribution is -2.01. The Labute approximate surface area is 123 Å². The molecule has 0 aliphatic carbocycles. The van der Waals surface area contributed by atoms with E-state index in [0.29, 0.717) is 5.92 Å². The van der Waals surface area contributed by atoms with Gasteiger partial charge in [-0.15, -0.1) is 0 Å². The van der Waals surface area contributed by atoms with Gasteiger partial charge < -0.3 is 4.74 Å². The predicted octanol–water partition coefficient (Wildman–Crippen LogP) is 3.23. The van der Waals surface area contributed by atoms with E-state index in [1.54, 1.807) is 0 Å². The second-order valence-corrected chi connectivity index (χ2v) is 5.59. The third kappa shape index (κ3) is 2.12. The van der Waals surface area contributed by atoms with Crippen LogP contribution >= 0.6 is 0 Å². The van der Waals surface area contributed by atoms with Crippen LogP contribution in [0.4, 0.5) is 0 Å². The molecular weight excluding hydrogens is 262 g/mol. The van der Waals surface area contributed by atoms with Crippen molar-refractivity contribution in [1.82, 2.24) is 14.8 Å². The summed E-state index contributed by atoms with van der Waals surface area (Å²) < 4.78 is 7.52. The maximum Gasteiger partial charge on any atom is 0.0927 e. The van der Waals surface area contributed by atoms with Crippen LogP contribution in [0.15, 0.2) is 42.7 Å². The maximum absolute atomic E-state index is 5.53. The number of pyridine rings is 1. The van der Waals surface area contributed by atoms with Crippen LogP contribution in [0.25, 0.3) is 16.6 Å². The van der Waals surface area contributed by atoms with Gasteiger partial charge in [-0.3, -0.25) is 4.98 Å². The highest BCUT2D eigenvalue weighted by molar-refractivity contribution is 5.83. The van der Waals surface area contributed by atoms with Gasteiger partial charge in [-0.1, -0.05) is 17.7 Å². The van der Waals surface area contributed by atoms with Crippen LogP contribution in [-0.2, 0) is 4.74 Å². The third-order valence-corrected chi connectivity index (χ3v) is 4.11. The zero-order chi connectivity index (χ0) is 14.2. The molecule has 4 rings (SSSR count).